The second-order valence-corrected chi connectivity index (χ2v) is 3.81. The lowest BCUT2D eigenvalue weighted by Gasteiger charge is -2.10. The minimum atomic E-state index is -3.02. The van der Waals surface area contributed by atoms with Gasteiger partial charge in [0.1, 0.15) is 5.75 Å². The molecule has 102 valence electrons. The molecule has 1 rings (SSSR count). The number of nitriles is 1. The lowest BCUT2D eigenvalue weighted by molar-refractivity contribution is -0.142. The van der Waals surface area contributed by atoms with E-state index in [4.69, 9.17) is 21.6 Å². The van der Waals surface area contributed by atoms with E-state index in [1.807, 2.05) is 0 Å². The van der Waals surface area contributed by atoms with Crippen molar-refractivity contribution < 1.29 is 23.0 Å². The highest BCUT2D eigenvalue weighted by molar-refractivity contribution is 6.31. The largest absolute Gasteiger partial charge is 0.466 e. The van der Waals surface area contributed by atoms with E-state index in [2.05, 4.69) is 4.74 Å². The van der Waals surface area contributed by atoms with E-state index in [0.717, 1.165) is 12.1 Å². The molecule has 1 aromatic carbocycles. The Kier molecular flexibility index (Phi) is 5.52. The predicted molar refractivity (Wildman–Crippen MR) is 63.1 cm³/mol. The van der Waals surface area contributed by atoms with Gasteiger partial charge < -0.3 is 9.47 Å². The number of halogens is 3. The van der Waals surface area contributed by atoms with Crippen LogP contribution in [0.2, 0.25) is 5.02 Å². The van der Waals surface area contributed by atoms with Gasteiger partial charge in [0.2, 0.25) is 0 Å². The van der Waals surface area contributed by atoms with Crippen LogP contribution in [0, 0.1) is 11.3 Å². The Bertz CT molecular complexity index is 514. The van der Waals surface area contributed by atoms with Gasteiger partial charge in [0.05, 0.1) is 24.7 Å². The van der Waals surface area contributed by atoms with Crippen molar-refractivity contribution in [3.63, 3.8) is 0 Å². The molecule has 0 amide bonds. The third-order valence-electron chi connectivity index (χ3n) is 2.14. The molecule has 0 spiro atoms. The summed E-state index contributed by atoms with van der Waals surface area (Å²) in [5.41, 5.74) is 0.223. The van der Waals surface area contributed by atoms with Gasteiger partial charge in [-0.1, -0.05) is 11.6 Å². The Labute approximate surface area is 113 Å². The number of ether oxygens (including phenoxy) is 2. The molecule has 0 unspecified atom stereocenters. The van der Waals surface area contributed by atoms with Gasteiger partial charge >= 0.3 is 12.6 Å². The van der Waals surface area contributed by atoms with Crippen LogP contribution in [-0.2, 0) is 16.0 Å². The molecule has 0 bridgehead atoms. The van der Waals surface area contributed by atoms with E-state index in [0.29, 0.717) is 0 Å². The number of alkyl halides is 2. The molecule has 0 radical (unpaired) electrons. The number of carbonyl (C=O) groups excluding carboxylic acids is 1. The number of carbonyl (C=O) groups is 1. The van der Waals surface area contributed by atoms with Gasteiger partial charge in [-0.25, -0.2) is 0 Å². The molecule has 7 heteroatoms. The highest BCUT2D eigenvalue weighted by Crippen LogP contribution is 2.28. The lowest BCUT2D eigenvalue weighted by Crippen LogP contribution is -2.10. The summed E-state index contributed by atoms with van der Waals surface area (Å²) in [4.78, 5) is 11.4. The fourth-order valence-electron chi connectivity index (χ4n) is 1.42. The van der Waals surface area contributed by atoms with Crippen LogP contribution in [-0.4, -0.2) is 19.2 Å². The van der Waals surface area contributed by atoms with Gasteiger partial charge in [0.15, 0.2) is 0 Å². The van der Waals surface area contributed by atoms with E-state index in [1.54, 1.807) is 13.0 Å². The maximum absolute atomic E-state index is 12.1. The fraction of sp³-hybridized carbons (Fsp3) is 0.333. The number of nitrogens with zero attached hydrogens (tertiary/aromatic N) is 1. The van der Waals surface area contributed by atoms with E-state index >= 15 is 0 Å². The number of esters is 1. The summed E-state index contributed by atoms with van der Waals surface area (Å²) in [6, 6.07) is 4.01. The van der Waals surface area contributed by atoms with Crippen molar-refractivity contribution in [3.05, 3.63) is 28.3 Å². The predicted octanol–water partition coefficient (Wildman–Crippen LogP) is 2.92. The Balaban J connectivity index is 3.05. The van der Waals surface area contributed by atoms with E-state index < -0.39 is 12.6 Å². The fourth-order valence-corrected chi connectivity index (χ4v) is 1.69. The normalized spacial score (nSPS) is 10.1. The molecule has 4 nitrogen and oxygen atoms in total. The van der Waals surface area contributed by atoms with Crippen LogP contribution >= 0.6 is 11.6 Å². The van der Waals surface area contributed by atoms with Gasteiger partial charge in [0, 0.05) is 5.02 Å². The average molecular weight is 290 g/mol. The number of rotatable bonds is 5. The smallest absolute Gasteiger partial charge is 0.387 e. The maximum atomic E-state index is 12.1. The molecule has 0 saturated heterocycles. The maximum Gasteiger partial charge on any atom is 0.387 e. The second kappa shape index (κ2) is 6.90. The summed E-state index contributed by atoms with van der Waals surface area (Å²) in [5, 5.41) is 8.94. The highest BCUT2D eigenvalue weighted by atomic mass is 35.5. The zero-order valence-corrected chi connectivity index (χ0v) is 10.7. The standard InChI is InChI=1S/C12H10ClF2NO3/c1-2-18-11(17)5-9-7(6-16)3-8(4-10(9)13)19-12(14)15/h3-4,12H,2,5H2,1H3. The Morgan fingerprint density at radius 2 is 2.21 bits per heavy atom. The Morgan fingerprint density at radius 1 is 1.53 bits per heavy atom. The Morgan fingerprint density at radius 3 is 2.74 bits per heavy atom. The van der Waals surface area contributed by atoms with Crippen molar-refractivity contribution in [2.75, 3.05) is 6.61 Å². The molecule has 0 N–H and O–H groups in total. The van der Waals surface area contributed by atoms with Crippen LogP contribution in [0.1, 0.15) is 18.1 Å². The van der Waals surface area contributed by atoms with Gasteiger partial charge in [0.25, 0.3) is 0 Å². The second-order valence-electron chi connectivity index (χ2n) is 3.40. The van der Waals surface area contributed by atoms with Gasteiger partial charge in [-0.3, -0.25) is 4.79 Å². The lowest BCUT2D eigenvalue weighted by atomic mass is 10.0. The molecule has 0 atom stereocenters. The topological polar surface area (TPSA) is 59.3 Å². The molecule has 0 heterocycles. The average Bonchev–Trinajstić information content (AvgIpc) is 2.31. The van der Waals surface area contributed by atoms with Crippen molar-refractivity contribution in [3.8, 4) is 11.8 Å². The van der Waals surface area contributed by atoms with E-state index in [1.165, 1.54) is 0 Å². The van der Waals surface area contributed by atoms with Crippen LogP contribution < -0.4 is 4.74 Å². The van der Waals surface area contributed by atoms with Crippen molar-refractivity contribution >= 4 is 17.6 Å². The minimum Gasteiger partial charge on any atom is -0.466 e. The number of benzene rings is 1. The van der Waals surface area contributed by atoms with Gasteiger partial charge in [-0.05, 0) is 24.6 Å². The van der Waals surface area contributed by atoms with Crippen LogP contribution in [0.5, 0.6) is 5.75 Å². The van der Waals surface area contributed by atoms with E-state index in [-0.39, 0.29) is 34.9 Å². The summed E-state index contributed by atoms with van der Waals surface area (Å²) >= 11 is 5.86. The van der Waals surface area contributed by atoms with Crippen molar-refractivity contribution in [2.45, 2.75) is 20.0 Å². The number of hydrogen-bond acceptors (Lipinski definition) is 4. The highest BCUT2D eigenvalue weighted by Gasteiger charge is 2.16. The monoisotopic (exact) mass is 289 g/mol. The molecule has 0 aliphatic rings. The summed E-state index contributed by atoms with van der Waals surface area (Å²) in [5.74, 6) is -0.785. The summed E-state index contributed by atoms with van der Waals surface area (Å²) in [6.45, 7) is -1.17. The first-order valence-electron chi connectivity index (χ1n) is 5.30. The molecule has 0 aliphatic carbocycles. The van der Waals surface area contributed by atoms with Crippen molar-refractivity contribution in [1.82, 2.24) is 0 Å². The molecular weight excluding hydrogens is 280 g/mol. The first-order chi connectivity index (χ1) is 8.97. The van der Waals surface area contributed by atoms with E-state index in [9.17, 15) is 13.6 Å². The molecule has 1 aromatic rings. The van der Waals surface area contributed by atoms with Crippen LogP contribution in [0.15, 0.2) is 12.1 Å². The minimum absolute atomic E-state index is 0.00255. The van der Waals surface area contributed by atoms with Crippen molar-refractivity contribution in [1.29, 1.82) is 5.26 Å². The molecule has 0 saturated carbocycles. The first-order valence-corrected chi connectivity index (χ1v) is 5.68. The molecule has 0 aliphatic heterocycles. The van der Waals surface area contributed by atoms with Crippen molar-refractivity contribution in [2.24, 2.45) is 0 Å². The molecule has 19 heavy (non-hydrogen) atoms. The third kappa shape index (κ3) is 4.38. The summed E-state index contributed by atoms with van der Waals surface area (Å²) in [6.07, 6.45) is -0.204. The number of hydrogen-bond donors (Lipinski definition) is 0. The molecule has 0 fully saturated rings. The van der Waals surface area contributed by atoms with Crippen LogP contribution in [0.3, 0.4) is 0 Å². The Hall–Kier alpha value is -1.87. The summed E-state index contributed by atoms with van der Waals surface area (Å²) in [7, 11) is 0. The third-order valence-corrected chi connectivity index (χ3v) is 2.48. The summed E-state index contributed by atoms with van der Waals surface area (Å²) < 4.78 is 33.0. The van der Waals surface area contributed by atoms with Crippen LogP contribution in [0.25, 0.3) is 0 Å². The SMILES string of the molecule is CCOC(=O)Cc1c(Cl)cc(OC(F)F)cc1C#N. The molecular formula is C12H10ClF2NO3. The zero-order valence-electron chi connectivity index (χ0n) is 9.95. The molecule has 0 aromatic heterocycles. The van der Waals surface area contributed by atoms with Gasteiger partial charge in [-0.2, -0.15) is 14.0 Å². The van der Waals surface area contributed by atoms with Crippen LogP contribution in [0.4, 0.5) is 8.78 Å². The first kappa shape index (κ1) is 15.2. The van der Waals surface area contributed by atoms with Gasteiger partial charge in [-0.15, -0.1) is 0 Å². The zero-order chi connectivity index (χ0) is 14.4. The quantitative estimate of drug-likeness (QED) is 0.782.